The summed E-state index contributed by atoms with van der Waals surface area (Å²) >= 11 is 0. The summed E-state index contributed by atoms with van der Waals surface area (Å²) in [5.41, 5.74) is 5.32. The first-order chi connectivity index (χ1) is 8.67. The fourth-order valence-electron chi connectivity index (χ4n) is 3.07. The zero-order valence-corrected chi connectivity index (χ0v) is 11.5. The predicted molar refractivity (Wildman–Crippen MR) is 73.2 cm³/mol. The molecule has 104 valence electrons. The Morgan fingerprint density at radius 2 is 2.11 bits per heavy atom. The van der Waals surface area contributed by atoms with Gasteiger partial charge in [0.15, 0.2) is 0 Å². The molecule has 2 aliphatic rings. The zero-order valence-electron chi connectivity index (χ0n) is 11.5. The first kappa shape index (κ1) is 13.8. The number of amides is 1. The van der Waals surface area contributed by atoms with Crippen molar-refractivity contribution in [2.24, 2.45) is 17.6 Å². The molecule has 1 saturated carbocycles. The van der Waals surface area contributed by atoms with Gasteiger partial charge in [-0.05, 0) is 44.1 Å². The Labute approximate surface area is 110 Å². The Balaban J connectivity index is 1.81. The van der Waals surface area contributed by atoms with Crippen molar-refractivity contribution >= 4 is 5.91 Å². The molecule has 0 aromatic rings. The van der Waals surface area contributed by atoms with Crippen molar-refractivity contribution in [3.63, 3.8) is 0 Å². The minimum absolute atomic E-state index is 0.201. The van der Waals surface area contributed by atoms with Crippen LogP contribution < -0.4 is 11.1 Å². The Morgan fingerprint density at radius 1 is 1.33 bits per heavy atom. The molecule has 0 aromatic heterocycles. The van der Waals surface area contributed by atoms with Crippen molar-refractivity contribution in [3.8, 4) is 0 Å². The van der Waals surface area contributed by atoms with Crippen LogP contribution >= 0.6 is 0 Å². The average molecular weight is 253 g/mol. The average Bonchev–Trinajstić information content (AvgIpc) is 3.09. The fraction of sp³-hybridized carbons (Fsp3) is 0.929. The SMILES string of the molecule is CCCC1CC(NCC2CC2)CN(CC(N)=O)C1. The van der Waals surface area contributed by atoms with E-state index in [2.05, 4.69) is 17.1 Å². The number of carbonyl (C=O) groups excluding carboxylic acids is 1. The minimum atomic E-state index is -0.201. The van der Waals surface area contributed by atoms with Crippen LogP contribution in [0.2, 0.25) is 0 Å². The van der Waals surface area contributed by atoms with Crippen LogP contribution in [0.3, 0.4) is 0 Å². The van der Waals surface area contributed by atoms with E-state index in [4.69, 9.17) is 5.73 Å². The first-order valence-electron chi connectivity index (χ1n) is 7.41. The molecule has 18 heavy (non-hydrogen) atoms. The lowest BCUT2D eigenvalue weighted by Gasteiger charge is -2.37. The second kappa shape index (κ2) is 6.53. The zero-order chi connectivity index (χ0) is 13.0. The van der Waals surface area contributed by atoms with Crippen molar-refractivity contribution in [1.29, 1.82) is 0 Å². The maximum Gasteiger partial charge on any atom is 0.231 e. The van der Waals surface area contributed by atoms with Gasteiger partial charge in [-0.2, -0.15) is 0 Å². The highest BCUT2D eigenvalue weighted by Crippen LogP contribution is 2.28. The molecule has 3 N–H and O–H groups in total. The summed E-state index contributed by atoms with van der Waals surface area (Å²) < 4.78 is 0. The molecule has 1 heterocycles. The molecule has 4 heteroatoms. The number of nitrogens with one attached hydrogen (secondary N) is 1. The monoisotopic (exact) mass is 253 g/mol. The molecule has 0 spiro atoms. The molecule has 2 atom stereocenters. The summed E-state index contributed by atoms with van der Waals surface area (Å²) in [4.78, 5) is 13.3. The highest BCUT2D eigenvalue weighted by atomic mass is 16.1. The quantitative estimate of drug-likeness (QED) is 0.710. The number of nitrogens with zero attached hydrogens (tertiary/aromatic N) is 1. The van der Waals surface area contributed by atoms with E-state index in [-0.39, 0.29) is 5.91 Å². The van der Waals surface area contributed by atoms with E-state index in [1.807, 2.05) is 0 Å². The Morgan fingerprint density at radius 3 is 2.72 bits per heavy atom. The van der Waals surface area contributed by atoms with Crippen LogP contribution in [-0.2, 0) is 4.79 Å². The van der Waals surface area contributed by atoms with Gasteiger partial charge in [-0.15, -0.1) is 0 Å². The van der Waals surface area contributed by atoms with Gasteiger partial charge in [-0.25, -0.2) is 0 Å². The van der Waals surface area contributed by atoms with Crippen LogP contribution in [0.4, 0.5) is 0 Å². The lowest BCUT2D eigenvalue weighted by Crippen LogP contribution is -2.51. The Kier molecular flexibility index (Phi) is 5.01. The van der Waals surface area contributed by atoms with Crippen LogP contribution in [0.25, 0.3) is 0 Å². The fourth-order valence-corrected chi connectivity index (χ4v) is 3.07. The maximum absolute atomic E-state index is 11.1. The molecule has 0 aromatic carbocycles. The molecule has 0 radical (unpaired) electrons. The topological polar surface area (TPSA) is 58.4 Å². The summed E-state index contributed by atoms with van der Waals surface area (Å²) in [6, 6.07) is 0.551. The van der Waals surface area contributed by atoms with Gasteiger partial charge in [0.1, 0.15) is 0 Å². The van der Waals surface area contributed by atoms with Crippen LogP contribution in [0.15, 0.2) is 0 Å². The van der Waals surface area contributed by atoms with E-state index in [1.54, 1.807) is 0 Å². The molecular weight excluding hydrogens is 226 g/mol. The molecular formula is C14H27N3O. The number of nitrogens with two attached hydrogens (primary N) is 1. The predicted octanol–water partition coefficient (Wildman–Crippen LogP) is 0.962. The maximum atomic E-state index is 11.1. The van der Waals surface area contributed by atoms with Crippen LogP contribution in [-0.4, -0.2) is 43.0 Å². The number of carbonyl (C=O) groups is 1. The number of hydrogen-bond acceptors (Lipinski definition) is 3. The Hall–Kier alpha value is -0.610. The molecule has 1 aliphatic carbocycles. The van der Waals surface area contributed by atoms with E-state index in [0.29, 0.717) is 12.6 Å². The second-order valence-corrected chi connectivity index (χ2v) is 6.10. The lowest BCUT2D eigenvalue weighted by atomic mass is 9.90. The summed E-state index contributed by atoms with van der Waals surface area (Å²) in [6.45, 7) is 5.84. The highest BCUT2D eigenvalue weighted by molar-refractivity contribution is 5.75. The number of primary amides is 1. The summed E-state index contributed by atoms with van der Waals surface area (Å²) in [7, 11) is 0. The largest absolute Gasteiger partial charge is 0.369 e. The van der Waals surface area contributed by atoms with Gasteiger partial charge in [0, 0.05) is 19.1 Å². The smallest absolute Gasteiger partial charge is 0.231 e. The van der Waals surface area contributed by atoms with Crippen molar-refractivity contribution in [2.75, 3.05) is 26.2 Å². The lowest BCUT2D eigenvalue weighted by molar-refractivity contribution is -0.119. The molecule has 1 aliphatic heterocycles. The highest BCUT2D eigenvalue weighted by Gasteiger charge is 2.29. The summed E-state index contributed by atoms with van der Waals surface area (Å²) in [5, 5.41) is 3.68. The van der Waals surface area contributed by atoms with Crippen molar-refractivity contribution < 1.29 is 4.79 Å². The first-order valence-corrected chi connectivity index (χ1v) is 7.41. The number of likely N-dealkylation sites (tertiary alicyclic amines) is 1. The molecule has 4 nitrogen and oxygen atoms in total. The van der Waals surface area contributed by atoms with E-state index in [0.717, 1.165) is 31.5 Å². The second-order valence-electron chi connectivity index (χ2n) is 6.10. The molecule has 2 rings (SSSR count). The van der Waals surface area contributed by atoms with Gasteiger partial charge in [-0.1, -0.05) is 13.3 Å². The van der Waals surface area contributed by atoms with Crippen molar-refractivity contribution in [2.45, 2.75) is 45.1 Å². The standard InChI is InChI=1S/C14H27N3O/c1-2-3-12-6-13(16-7-11-4-5-11)9-17(8-12)10-14(15)18/h11-13,16H,2-10H2,1H3,(H2,15,18). The van der Waals surface area contributed by atoms with Crippen molar-refractivity contribution in [3.05, 3.63) is 0 Å². The molecule has 1 amide bonds. The van der Waals surface area contributed by atoms with Crippen LogP contribution in [0.1, 0.15) is 39.0 Å². The van der Waals surface area contributed by atoms with Gasteiger partial charge in [-0.3, -0.25) is 9.69 Å². The van der Waals surface area contributed by atoms with Gasteiger partial charge >= 0.3 is 0 Å². The summed E-state index contributed by atoms with van der Waals surface area (Å²) in [5.74, 6) is 1.44. The number of hydrogen-bond donors (Lipinski definition) is 2. The van der Waals surface area contributed by atoms with Gasteiger partial charge in [0.05, 0.1) is 6.54 Å². The third kappa shape index (κ3) is 4.58. The summed E-state index contributed by atoms with van der Waals surface area (Å²) in [6.07, 6.45) is 6.53. The molecule has 1 saturated heterocycles. The van der Waals surface area contributed by atoms with E-state index >= 15 is 0 Å². The van der Waals surface area contributed by atoms with E-state index < -0.39 is 0 Å². The van der Waals surface area contributed by atoms with E-state index in [9.17, 15) is 4.79 Å². The molecule has 2 unspecified atom stereocenters. The third-order valence-corrected chi connectivity index (χ3v) is 4.08. The van der Waals surface area contributed by atoms with Gasteiger partial charge in [0.25, 0.3) is 0 Å². The van der Waals surface area contributed by atoms with E-state index in [1.165, 1.54) is 32.1 Å². The van der Waals surface area contributed by atoms with Gasteiger partial charge in [0.2, 0.25) is 5.91 Å². The Bertz CT molecular complexity index is 278. The number of rotatable bonds is 7. The molecule has 0 bridgehead atoms. The third-order valence-electron chi connectivity index (χ3n) is 4.08. The number of piperidine rings is 1. The van der Waals surface area contributed by atoms with Crippen molar-refractivity contribution in [1.82, 2.24) is 10.2 Å². The van der Waals surface area contributed by atoms with Crippen LogP contribution in [0.5, 0.6) is 0 Å². The molecule has 2 fully saturated rings. The minimum Gasteiger partial charge on any atom is -0.369 e. The van der Waals surface area contributed by atoms with Gasteiger partial charge < -0.3 is 11.1 Å². The normalized spacial score (nSPS) is 29.4. The van der Waals surface area contributed by atoms with Crippen LogP contribution in [0, 0.1) is 11.8 Å².